The van der Waals surface area contributed by atoms with Crippen molar-refractivity contribution in [2.24, 2.45) is 5.92 Å². The second-order valence-corrected chi connectivity index (χ2v) is 13.1. The molecule has 3 atom stereocenters. The van der Waals surface area contributed by atoms with Gasteiger partial charge in [-0.05, 0) is 55.9 Å². The molecule has 1 unspecified atom stereocenters. The number of rotatable bonds is 9. The first kappa shape index (κ1) is 31.9. The van der Waals surface area contributed by atoms with E-state index in [-0.39, 0.29) is 42.1 Å². The molecule has 3 aromatic rings. The Kier molecular flexibility index (Phi) is 9.73. The van der Waals surface area contributed by atoms with Crippen LogP contribution in [-0.4, -0.2) is 48.3 Å². The molecule has 1 heterocycles. The zero-order chi connectivity index (χ0) is 31.4. The number of carbonyl (C=O) groups is 3. The van der Waals surface area contributed by atoms with E-state index in [1.54, 1.807) is 50.2 Å². The number of hydrogen-bond donors (Lipinski definition) is 2. The molecule has 1 saturated carbocycles. The van der Waals surface area contributed by atoms with Crippen LogP contribution in [0.1, 0.15) is 62.2 Å². The van der Waals surface area contributed by atoms with Gasteiger partial charge in [-0.25, -0.2) is 13.4 Å². The first-order valence-electron chi connectivity index (χ1n) is 13.8. The minimum absolute atomic E-state index is 0.0498. The van der Waals surface area contributed by atoms with E-state index in [0.717, 1.165) is 0 Å². The lowest BCUT2D eigenvalue weighted by molar-refractivity contribution is -0.153. The Bertz CT molecular complexity index is 1560. The van der Waals surface area contributed by atoms with E-state index in [2.05, 4.69) is 15.6 Å². The highest BCUT2D eigenvalue weighted by Crippen LogP contribution is 2.35. The van der Waals surface area contributed by atoms with Crippen LogP contribution in [0.15, 0.2) is 70.0 Å². The van der Waals surface area contributed by atoms with Crippen LogP contribution in [0, 0.1) is 5.92 Å². The summed E-state index contributed by atoms with van der Waals surface area (Å²) < 4.78 is 72.5. The number of amides is 2. The number of aromatic nitrogens is 1. The molecule has 2 aromatic carbocycles. The molecule has 0 bridgehead atoms. The molecule has 2 amide bonds. The third-order valence-electron chi connectivity index (χ3n) is 7.11. The molecule has 43 heavy (non-hydrogen) atoms. The summed E-state index contributed by atoms with van der Waals surface area (Å²) in [5.74, 6) is -4.69. The first-order valence-corrected chi connectivity index (χ1v) is 15.4. The third kappa shape index (κ3) is 7.70. The Morgan fingerprint density at radius 1 is 1.02 bits per heavy atom. The largest absolute Gasteiger partial charge is 0.452 e. The second-order valence-electron chi connectivity index (χ2n) is 10.9. The molecule has 2 N–H and O–H groups in total. The number of Topliss-reactive ketones (excluding diaryl/α,β-unsaturated/α-hetero) is 1. The van der Waals surface area contributed by atoms with Gasteiger partial charge in [0.1, 0.15) is 6.04 Å². The summed E-state index contributed by atoms with van der Waals surface area (Å²) in [5.41, 5.74) is -0.796. The standard InChI is InChI=1S/C30H32F3N3O6S/c1-18(2)16-23(35-28(39)25-26(30(31,32)33)42-29(36-25)19-10-5-3-6-11-19)27(38)34-22-15-9-14-21(17-24(22)37)43(40,41)20-12-7-4-8-13-20/h3-8,10-13,18,21-23H,9,14-17H2,1-2H3,(H,34,38)(H,35,39)/t21?,22-,23-/m1/s1. The predicted octanol–water partition coefficient (Wildman–Crippen LogP) is 4.98. The van der Waals surface area contributed by atoms with Gasteiger partial charge < -0.3 is 15.1 Å². The molecule has 9 nitrogen and oxygen atoms in total. The number of oxazole rings is 1. The maximum atomic E-state index is 13.8. The van der Waals surface area contributed by atoms with E-state index in [1.807, 2.05) is 0 Å². The van der Waals surface area contributed by atoms with Crippen molar-refractivity contribution in [2.75, 3.05) is 0 Å². The lowest BCUT2D eigenvalue weighted by Crippen LogP contribution is -2.52. The number of hydrogen-bond acceptors (Lipinski definition) is 7. The smallest absolute Gasteiger partial charge is 0.431 e. The summed E-state index contributed by atoms with van der Waals surface area (Å²) >= 11 is 0. The van der Waals surface area contributed by atoms with Crippen LogP contribution in [0.25, 0.3) is 11.5 Å². The minimum Gasteiger partial charge on any atom is -0.431 e. The van der Waals surface area contributed by atoms with Crippen molar-refractivity contribution in [2.45, 2.75) is 74.4 Å². The summed E-state index contributed by atoms with van der Waals surface area (Å²) in [5, 5.41) is 3.97. The molecule has 1 fully saturated rings. The number of ketones is 1. The predicted molar refractivity (Wildman–Crippen MR) is 150 cm³/mol. The average Bonchev–Trinajstić information content (AvgIpc) is 3.35. The van der Waals surface area contributed by atoms with E-state index in [0.29, 0.717) is 6.42 Å². The van der Waals surface area contributed by atoms with Gasteiger partial charge in [0.25, 0.3) is 5.91 Å². The normalized spacial score (nSPS) is 18.6. The molecule has 13 heteroatoms. The van der Waals surface area contributed by atoms with Crippen molar-refractivity contribution in [1.82, 2.24) is 15.6 Å². The third-order valence-corrected chi connectivity index (χ3v) is 9.32. The summed E-state index contributed by atoms with van der Waals surface area (Å²) in [6, 6.07) is 13.2. The molecule has 1 aliphatic carbocycles. The number of nitrogens with zero attached hydrogens (tertiary/aromatic N) is 1. The van der Waals surface area contributed by atoms with Crippen LogP contribution in [0.2, 0.25) is 0 Å². The molecule has 0 radical (unpaired) electrons. The van der Waals surface area contributed by atoms with Crippen molar-refractivity contribution < 1.29 is 40.4 Å². The van der Waals surface area contributed by atoms with Gasteiger partial charge in [0.15, 0.2) is 21.3 Å². The molecule has 0 spiro atoms. The second kappa shape index (κ2) is 13.1. The number of alkyl halides is 3. The summed E-state index contributed by atoms with van der Waals surface area (Å²) in [7, 11) is -3.78. The summed E-state index contributed by atoms with van der Waals surface area (Å²) in [6.45, 7) is 3.51. The Hall–Kier alpha value is -4.00. The quantitative estimate of drug-likeness (QED) is 0.323. The average molecular weight is 620 g/mol. The molecular formula is C30H32F3N3O6S. The highest BCUT2D eigenvalue weighted by Gasteiger charge is 2.43. The Labute approximate surface area is 247 Å². The van der Waals surface area contributed by atoms with Gasteiger partial charge in [0, 0.05) is 12.0 Å². The molecule has 0 aliphatic heterocycles. The van der Waals surface area contributed by atoms with Crippen LogP contribution >= 0.6 is 0 Å². The molecule has 1 aliphatic rings. The van der Waals surface area contributed by atoms with Gasteiger partial charge in [-0.15, -0.1) is 0 Å². The number of halogens is 3. The van der Waals surface area contributed by atoms with E-state index >= 15 is 0 Å². The molecule has 4 rings (SSSR count). The Balaban J connectivity index is 1.51. The van der Waals surface area contributed by atoms with Crippen molar-refractivity contribution in [3.8, 4) is 11.5 Å². The number of benzene rings is 2. The molecule has 1 aromatic heterocycles. The zero-order valence-corrected chi connectivity index (χ0v) is 24.4. The fraction of sp³-hybridized carbons (Fsp3) is 0.400. The van der Waals surface area contributed by atoms with E-state index < -0.39 is 68.3 Å². The van der Waals surface area contributed by atoms with Crippen LogP contribution < -0.4 is 10.6 Å². The van der Waals surface area contributed by atoms with Crippen LogP contribution in [0.5, 0.6) is 0 Å². The van der Waals surface area contributed by atoms with Crippen molar-refractivity contribution in [3.63, 3.8) is 0 Å². The van der Waals surface area contributed by atoms with Crippen molar-refractivity contribution >= 4 is 27.4 Å². The van der Waals surface area contributed by atoms with E-state index in [9.17, 15) is 36.0 Å². The highest BCUT2D eigenvalue weighted by molar-refractivity contribution is 7.92. The van der Waals surface area contributed by atoms with Crippen LogP contribution in [0.4, 0.5) is 13.2 Å². The van der Waals surface area contributed by atoms with Gasteiger partial charge in [-0.3, -0.25) is 14.4 Å². The fourth-order valence-electron chi connectivity index (χ4n) is 4.97. The monoisotopic (exact) mass is 619 g/mol. The van der Waals surface area contributed by atoms with Crippen molar-refractivity contribution in [1.29, 1.82) is 0 Å². The fourth-order valence-corrected chi connectivity index (χ4v) is 6.75. The van der Waals surface area contributed by atoms with E-state index in [4.69, 9.17) is 4.42 Å². The number of carbonyl (C=O) groups excluding carboxylic acids is 3. The molecule has 230 valence electrons. The summed E-state index contributed by atoms with van der Waals surface area (Å²) in [6.07, 6.45) is -4.56. The molecular weight excluding hydrogens is 587 g/mol. The minimum atomic E-state index is -5.04. The zero-order valence-electron chi connectivity index (χ0n) is 23.6. The lowest BCUT2D eigenvalue weighted by Gasteiger charge is -2.23. The lowest BCUT2D eigenvalue weighted by atomic mass is 10.0. The maximum Gasteiger partial charge on any atom is 0.452 e. The van der Waals surface area contributed by atoms with Crippen LogP contribution in [-0.2, 0) is 25.6 Å². The van der Waals surface area contributed by atoms with Gasteiger partial charge in [-0.2, -0.15) is 13.2 Å². The number of sulfone groups is 1. The van der Waals surface area contributed by atoms with Gasteiger partial charge in [0.05, 0.1) is 16.2 Å². The van der Waals surface area contributed by atoms with Gasteiger partial charge in [0.2, 0.25) is 17.6 Å². The molecule has 0 saturated heterocycles. The van der Waals surface area contributed by atoms with E-state index in [1.165, 1.54) is 24.3 Å². The van der Waals surface area contributed by atoms with Gasteiger partial charge in [-0.1, -0.05) is 50.2 Å². The Morgan fingerprint density at radius 2 is 1.65 bits per heavy atom. The van der Waals surface area contributed by atoms with Gasteiger partial charge >= 0.3 is 6.18 Å². The highest BCUT2D eigenvalue weighted by atomic mass is 32.2. The summed E-state index contributed by atoms with van der Waals surface area (Å²) in [4.78, 5) is 43.4. The van der Waals surface area contributed by atoms with Crippen molar-refractivity contribution in [3.05, 3.63) is 72.1 Å². The SMILES string of the molecule is CC(C)C[C@@H](NC(=O)c1nc(-c2ccccc2)oc1C(F)(F)F)C(=O)N[C@@H]1CCCC(S(=O)(=O)c2ccccc2)CC1=O. The van der Waals surface area contributed by atoms with Crippen LogP contribution in [0.3, 0.4) is 0 Å². The Morgan fingerprint density at radius 3 is 2.26 bits per heavy atom. The number of nitrogens with one attached hydrogen (secondary N) is 2. The maximum absolute atomic E-state index is 13.8. The first-order chi connectivity index (χ1) is 20.3. The topological polar surface area (TPSA) is 135 Å².